The minimum absolute atomic E-state index is 0.106. The largest absolute Gasteiger partial charge is 0.454 e. The van der Waals surface area contributed by atoms with Crippen molar-refractivity contribution in [3.63, 3.8) is 0 Å². The SMILES string of the molecule is CC(C)Cn1c(CCC(N)=O)nnc1SCC(=O)NCc1ccc2c(c1)OCO2. The van der Waals surface area contributed by atoms with Crippen molar-refractivity contribution in [3.8, 4) is 11.5 Å². The molecule has 9 nitrogen and oxygen atoms in total. The summed E-state index contributed by atoms with van der Waals surface area (Å²) >= 11 is 1.32. The normalized spacial score (nSPS) is 12.4. The molecule has 0 saturated carbocycles. The molecule has 0 radical (unpaired) electrons. The lowest BCUT2D eigenvalue weighted by atomic mass is 10.2. The van der Waals surface area contributed by atoms with E-state index in [2.05, 4.69) is 29.4 Å². The molecule has 1 aliphatic rings. The van der Waals surface area contributed by atoms with Gasteiger partial charge in [0.05, 0.1) is 5.75 Å². The maximum Gasteiger partial charge on any atom is 0.231 e. The molecule has 29 heavy (non-hydrogen) atoms. The quantitative estimate of drug-likeness (QED) is 0.560. The standard InChI is InChI=1S/C19H25N5O4S/c1-12(2)9-24-17(6-5-16(20)25)22-23-19(24)29-10-18(26)21-8-13-3-4-14-15(7-13)28-11-27-14/h3-4,7,12H,5-6,8-11H2,1-2H3,(H2,20,25)(H,21,26). The molecule has 3 N–H and O–H groups in total. The van der Waals surface area contributed by atoms with Crippen molar-refractivity contribution in [3.05, 3.63) is 29.6 Å². The van der Waals surface area contributed by atoms with E-state index in [-0.39, 0.29) is 30.8 Å². The van der Waals surface area contributed by atoms with Crippen LogP contribution in [0, 0.1) is 5.92 Å². The fourth-order valence-electron chi connectivity index (χ4n) is 2.83. The Balaban J connectivity index is 1.54. The van der Waals surface area contributed by atoms with Crippen LogP contribution < -0.4 is 20.5 Å². The lowest BCUT2D eigenvalue weighted by molar-refractivity contribution is -0.119. The predicted molar refractivity (Wildman–Crippen MR) is 108 cm³/mol. The smallest absolute Gasteiger partial charge is 0.231 e. The number of fused-ring (bicyclic) bond motifs is 1. The number of hydrogen-bond donors (Lipinski definition) is 2. The van der Waals surface area contributed by atoms with Gasteiger partial charge in [-0.15, -0.1) is 10.2 Å². The summed E-state index contributed by atoms with van der Waals surface area (Å²) in [5.41, 5.74) is 6.17. The summed E-state index contributed by atoms with van der Waals surface area (Å²) in [5, 5.41) is 11.9. The highest BCUT2D eigenvalue weighted by molar-refractivity contribution is 7.99. The van der Waals surface area contributed by atoms with Crippen LogP contribution in [0.25, 0.3) is 0 Å². The zero-order valence-corrected chi connectivity index (χ0v) is 17.3. The summed E-state index contributed by atoms with van der Waals surface area (Å²) in [7, 11) is 0. The average Bonchev–Trinajstić information content (AvgIpc) is 3.29. The molecule has 1 aromatic carbocycles. The Kier molecular flexibility index (Phi) is 6.97. The van der Waals surface area contributed by atoms with Crippen molar-refractivity contribution < 1.29 is 19.1 Å². The third-order valence-electron chi connectivity index (χ3n) is 4.20. The van der Waals surface area contributed by atoms with E-state index in [1.54, 1.807) is 0 Å². The fourth-order valence-corrected chi connectivity index (χ4v) is 3.62. The number of amides is 2. The number of hydrogen-bond acceptors (Lipinski definition) is 7. The molecular weight excluding hydrogens is 394 g/mol. The summed E-state index contributed by atoms with van der Waals surface area (Å²) in [6.45, 7) is 5.51. The molecule has 0 fully saturated rings. The second-order valence-corrected chi connectivity index (χ2v) is 8.07. The van der Waals surface area contributed by atoms with E-state index in [4.69, 9.17) is 15.2 Å². The minimum Gasteiger partial charge on any atom is -0.454 e. The minimum atomic E-state index is -0.374. The van der Waals surface area contributed by atoms with E-state index in [1.807, 2.05) is 22.8 Å². The van der Waals surface area contributed by atoms with Gasteiger partial charge in [0.15, 0.2) is 16.7 Å². The van der Waals surface area contributed by atoms with Crippen molar-refractivity contribution >= 4 is 23.6 Å². The van der Waals surface area contributed by atoms with Crippen LogP contribution in [0.2, 0.25) is 0 Å². The molecule has 156 valence electrons. The third-order valence-corrected chi connectivity index (χ3v) is 5.16. The molecule has 0 aliphatic carbocycles. The summed E-state index contributed by atoms with van der Waals surface area (Å²) in [5.74, 6) is 2.23. The molecule has 0 saturated heterocycles. The number of nitrogens with two attached hydrogens (primary N) is 1. The summed E-state index contributed by atoms with van der Waals surface area (Å²) in [4.78, 5) is 23.3. The summed E-state index contributed by atoms with van der Waals surface area (Å²) in [6.07, 6.45) is 0.656. The van der Waals surface area contributed by atoms with Crippen LogP contribution >= 0.6 is 11.8 Å². The van der Waals surface area contributed by atoms with Crippen LogP contribution in [-0.4, -0.2) is 39.1 Å². The predicted octanol–water partition coefficient (Wildman–Crippen LogP) is 1.49. The summed E-state index contributed by atoms with van der Waals surface area (Å²) in [6, 6.07) is 5.59. The van der Waals surface area contributed by atoms with Crippen LogP contribution in [0.4, 0.5) is 0 Å². The van der Waals surface area contributed by atoms with E-state index in [1.165, 1.54) is 11.8 Å². The Morgan fingerprint density at radius 2 is 2.07 bits per heavy atom. The fraction of sp³-hybridized carbons (Fsp3) is 0.474. The van der Waals surface area contributed by atoms with Gasteiger partial charge in [-0.25, -0.2) is 0 Å². The van der Waals surface area contributed by atoms with Gasteiger partial charge >= 0.3 is 0 Å². The molecular formula is C19H25N5O4S. The van der Waals surface area contributed by atoms with Crippen molar-refractivity contribution in [2.24, 2.45) is 11.7 Å². The zero-order valence-electron chi connectivity index (χ0n) is 16.5. The Bertz CT molecular complexity index is 883. The van der Waals surface area contributed by atoms with Crippen LogP contribution in [0.1, 0.15) is 31.7 Å². The molecule has 10 heteroatoms. The maximum atomic E-state index is 12.3. The number of thioether (sulfide) groups is 1. The topological polar surface area (TPSA) is 121 Å². The number of ether oxygens (including phenoxy) is 2. The van der Waals surface area contributed by atoms with Gasteiger partial charge < -0.3 is 25.1 Å². The molecule has 2 heterocycles. The van der Waals surface area contributed by atoms with Crippen molar-refractivity contribution in [2.75, 3.05) is 12.5 Å². The van der Waals surface area contributed by atoms with E-state index in [9.17, 15) is 9.59 Å². The van der Waals surface area contributed by atoms with Crippen molar-refractivity contribution in [1.29, 1.82) is 0 Å². The lowest BCUT2D eigenvalue weighted by Gasteiger charge is -2.12. The van der Waals surface area contributed by atoms with Gasteiger partial charge in [0.2, 0.25) is 18.6 Å². The molecule has 1 aliphatic heterocycles. The number of aromatic nitrogens is 3. The number of carbonyl (C=O) groups excluding carboxylic acids is 2. The number of rotatable bonds is 10. The number of carbonyl (C=O) groups is 2. The summed E-state index contributed by atoms with van der Waals surface area (Å²) < 4.78 is 12.6. The average molecular weight is 420 g/mol. The number of aryl methyl sites for hydroxylation is 1. The first-order chi connectivity index (χ1) is 13.9. The van der Waals surface area contributed by atoms with E-state index >= 15 is 0 Å². The maximum absolute atomic E-state index is 12.3. The van der Waals surface area contributed by atoms with Gasteiger partial charge in [-0.3, -0.25) is 9.59 Å². The highest BCUT2D eigenvalue weighted by Gasteiger charge is 2.16. The van der Waals surface area contributed by atoms with Crippen LogP contribution in [-0.2, 0) is 29.1 Å². The van der Waals surface area contributed by atoms with Gasteiger partial charge in [0, 0.05) is 25.9 Å². The number of nitrogens with zero attached hydrogens (tertiary/aromatic N) is 3. The van der Waals surface area contributed by atoms with Crippen LogP contribution in [0.15, 0.2) is 23.4 Å². The van der Waals surface area contributed by atoms with E-state index in [0.717, 1.165) is 5.56 Å². The Hall–Kier alpha value is -2.75. The van der Waals surface area contributed by atoms with E-state index < -0.39 is 0 Å². The molecule has 1 aromatic heterocycles. The van der Waals surface area contributed by atoms with Gasteiger partial charge in [0.1, 0.15) is 5.82 Å². The number of benzene rings is 1. The van der Waals surface area contributed by atoms with Crippen LogP contribution in [0.3, 0.4) is 0 Å². The number of nitrogens with one attached hydrogen (secondary N) is 1. The number of primary amides is 1. The lowest BCUT2D eigenvalue weighted by Crippen LogP contribution is -2.24. The second-order valence-electron chi connectivity index (χ2n) is 7.12. The van der Waals surface area contributed by atoms with Gasteiger partial charge in [0.25, 0.3) is 0 Å². The van der Waals surface area contributed by atoms with Crippen LogP contribution in [0.5, 0.6) is 11.5 Å². The molecule has 0 spiro atoms. The molecule has 0 unspecified atom stereocenters. The first-order valence-electron chi connectivity index (χ1n) is 9.40. The van der Waals surface area contributed by atoms with Gasteiger partial charge in [-0.2, -0.15) is 0 Å². The molecule has 0 bridgehead atoms. The Labute approximate surface area is 173 Å². The van der Waals surface area contributed by atoms with Gasteiger partial charge in [-0.05, 0) is 23.6 Å². The highest BCUT2D eigenvalue weighted by Crippen LogP contribution is 2.32. The monoisotopic (exact) mass is 419 g/mol. The first-order valence-corrected chi connectivity index (χ1v) is 10.4. The van der Waals surface area contributed by atoms with E-state index in [0.29, 0.717) is 47.9 Å². The molecule has 3 rings (SSSR count). The second kappa shape index (κ2) is 9.64. The highest BCUT2D eigenvalue weighted by atomic mass is 32.2. The zero-order chi connectivity index (χ0) is 20.8. The van der Waals surface area contributed by atoms with Crippen molar-refractivity contribution in [2.45, 2.75) is 44.9 Å². The Morgan fingerprint density at radius 3 is 2.83 bits per heavy atom. The molecule has 2 aromatic rings. The van der Waals surface area contributed by atoms with Gasteiger partial charge in [-0.1, -0.05) is 31.7 Å². The van der Waals surface area contributed by atoms with Crippen molar-refractivity contribution in [1.82, 2.24) is 20.1 Å². The molecule has 0 atom stereocenters. The third kappa shape index (κ3) is 5.86. The first kappa shape index (κ1) is 21.0. The Morgan fingerprint density at radius 1 is 1.28 bits per heavy atom. The molecule has 2 amide bonds.